The van der Waals surface area contributed by atoms with Crippen molar-refractivity contribution in [1.82, 2.24) is 10.2 Å². The molecule has 1 aliphatic heterocycles. The van der Waals surface area contributed by atoms with Gasteiger partial charge in [-0.1, -0.05) is 32.0 Å². The number of rotatable bonds is 4. The first-order valence-electron chi connectivity index (χ1n) is 8.99. The van der Waals surface area contributed by atoms with Crippen molar-refractivity contribution in [2.75, 3.05) is 13.1 Å². The fourth-order valence-corrected chi connectivity index (χ4v) is 3.05. The third-order valence-electron chi connectivity index (χ3n) is 4.25. The first-order valence-corrected chi connectivity index (χ1v) is 8.99. The number of carbonyl (C=O) groups is 1. The van der Waals surface area contributed by atoms with E-state index in [1.807, 2.05) is 25.7 Å². The quantitative estimate of drug-likeness (QED) is 0.894. The third kappa shape index (κ3) is 4.97. The summed E-state index contributed by atoms with van der Waals surface area (Å²) >= 11 is 0. The average Bonchev–Trinajstić information content (AvgIpc) is 2.49. The van der Waals surface area contributed by atoms with Crippen molar-refractivity contribution in [2.24, 2.45) is 5.92 Å². The summed E-state index contributed by atoms with van der Waals surface area (Å²) in [6, 6.07) is 6.76. The Bertz CT molecular complexity index is 575. The summed E-state index contributed by atoms with van der Waals surface area (Å²) in [6.07, 6.45) is 0.669. The Balaban J connectivity index is 2.10. The van der Waals surface area contributed by atoms with Gasteiger partial charge in [0.1, 0.15) is 5.60 Å². The number of amides is 1. The van der Waals surface area contributed by atoms with Gasteiger partial charge in [0.2, 0.25) is 0 Å². The van der Waals surface area contributed by atoms with Gasteiger partial charge < -0.3 is 15.0 Å². The van der Waals surface area contributed by atoms with Crippen LogP contribution in [-0.4, -0.2) is 29.7 Å². The molecule has 0 saturated heterocycles. The maximum Gasteiger partial charge on any atom is 0.410 e. The number of hydrogen-bond donors (Lipinski definition) is 1. The molecule has 0 bridgehead atoms. The first-order chi connectivity index (χ1) is 11.2. The summed E-state index contributed by atoms with van der Waals surface area (Å²) in [4.78, 5) is 14.1. The number of nitrogens with zero attached hydrogens (tertiary/aromatic N) is 1. The second kappa shape index (κ2) is 7.56. The molecule has 1 amide bonds. The molecule has 2 rings (SSSR count). The van der Waals surface area contributed by atoms with Crippen molar-refractivity contribution in [3.8, 4) is 0 Å². The number of carbonyl (C=O) groups excluding carboxylic acids is 1. The molecule has 0 radical (unpaired) electrons. The van der Waals surface area contributed by atoms with E-state index in [2.05, 4.69) is 44.3 Å². The Morgan fingerprint density at radius 2 is 2.00 bits per heavy atom. The van der Waals surface area contributed by atoms with Gasteiger partial charge in [-0.25, -0.2) is 4.79 Å². The zero-order valence-electron chi connectivity index (χ0n) is 16.0. The summed E-state index contributed by atoms with van der Waals surface area (Å²) in [5.41, 5.74) is 3.54. The molecule has 1 aromatic carbocycles. The summed E-state index contributed by atoms with van der Waals surface area (Å²) in [7, 11) is 0. The molecule has 4 nitrogen and oxygen atoms in total. The molecule has 1 unspecified atom stereocenters. The Hall–Kier alpha value is -1.55. The van der Waals surface area contributed by atoms with E-state index >= 15 is 0 Å². The molecule has 0 saturated carbocycles. The predicted molar refractivity (Wildman–Crippen MR) is 98.0 cm³/mol. The molecule has 1 aliphatic rings. The lowest BCUT2D eigenvalue weighted by Crippen LogP contribution is -2.40. The van der Waals surface area contributed by atoms with E-state index in [0.717, 1.165) is 19.5 Å². The van der Waals surface area contributed by atoms with Gasteiger partial charge in [0.05, 0.1) is 0 Å². The van der Waals surface area contributed by atoms with Crippen LogP contribution in [0.4, 0.5) is 4.79 Å². The Morgan fingerprint density at radius 3 is 2.62 bits per heavy atom. The fourth-order valence-electron chi connectivity index (χ4n) is 3.05. The lowest BCUT2D eigenvalue weighted by atomic mass is 9.91. The highest BCUT2D eigenvalue weighted by Crippen LogP contribution is 2.27. The fraction of sp³-hybridized carbons (Fsp3) is 0.650. The maximum absolute atomic E-state index is 12.3. The van der Waals surface area contributed by atoms with Crippen molar-refractivity contribution in [2.45, 2.75) is 66.2 Å². The molecule has 0 aromatic heterocycles. The molecular formula is C20H32N2O2. The molecule has 0 fully saturated rings. The maximum atomic E-state index is 12.3. The third-order valence-corrected chi connectivity index (χ3v) is 4.25. The van der Waals surface area contributed by atoms with Crippen molar-refractivity contribution in [1.29, 1.82) is 0 Å². The minimum atomic E-state index is -0.450. The monoisotopic (exact) mass is 332 g/mol. The highest BCUT2D eigenvalue weighted by molar-refractivity contribution is 5.68. The standard InChI is InChI=1S/C20H32N2O2/c1-14(2)12-21-15(3)17-9-7-8-16-13-22(11-10-18(16)17)19(23)24-20(4,5)6/h7-9,14-15,21H,10-13H2,1-6H3. The molecule has 4 heteroatoms. The zero-order valence-corrected chi connectivity index (χ0v) is 16.0. The molecule has 1 atom stereocenters. The summed E-state index contributed by atoms with van der Waals surface area (Å²) in [5.74, 6) is 0.634. The zero-order chi connectivity index (χ0) is 17.9. The van der Waals surface area contributed by atoms with Gasteiger partial charge >= 0.3 is 6.09 Å². The molecule has 134 valence electrons. The largest absolute Gasteiger partial charge is 0.444 e. The van der Waals surface area contributed by atoms with Crippen LogP contribution in [0.25, 0.3) is 0 Å². The molecule has 1 heterocycles. The minimum absolute atomic E-state index is 0.218. The molecule has 0 aliphatic carbocycles. The van der Waals surface area contributed by atoms with Gasteiger partial charge in [0.15, 0.2) is 0 Å². The topological polar surface area (TPSA) is 41.6 Å². The number of ether oxygens (including phenoxy) is 1. The Kier molecular flexibility index (Phi) is 5.92. The molecule has 1 aromatic rings. The summed E-state index contributed by atoms with van der Waals surface area (Å²) < 4.78 is 5.51. The van der Waals surface area contributed by atoms with Crippen molar-refractivity contribution in [3.05, 3.63) is 34.9 Å². The SMILES string of the molecule is CC(C)CNC(C)c1cccc2c1CCN(C(=O)OC(C)(C)C)C2. The van der Waals surface area contributed by atoms with Crippen LogP contribution in [0.1, 0.15) is 64.3 Å². The number of nitrogens with one attached hydrogen (secondary N) is 1. The first kappa shape index (κ1) is 18.8. The number of fused-ring (bicyclic) bond motifs is 1. The van der Waals surface area contributed by atoms with E-state index in [1.165, 1.54) is 16.7 Å². The number of hydrogen-bond acceptors (Lipinski definition) is 3. The summed E-state index contributed by atoms with van der Waals surface area (Å²) in [5, 5.41) is 3.61. The van der Waals surface area contributed by atoms with Gasteiger partial charge in [0, 0.05) is 19.1 Å². The summed E-state index contributed by atoms with van der Waals surface area (Å²) in [6.45, 7) is 14.7. The Labute approximate surface area is 146 Å². The lowest BCUT2D eigenvalue weighted by Gasteiger charge is -2.33. The Morgan fingerprint density at radius 1 is 1.29 bits per heavy atom. The molecular weight excluding hydrogens is 300 g/mol. The highest BCUT2D eigenvalue weighted by Gasteiger charge is 2.27. The van der Waals surface area contributed by atoms with Gasteiger partial charge in [-0.2, -0.15) is 0 Å². The van der Waals surface area contributed by atoms with E-state index in [-0.39, 0.29) is 6.09 Å². The van der Waals surface area contributed by atoms with Crippen LogP contribution in [0.2, 0.25) is 0 Å². The van der Waals surface area contributed by atoms with Crippen LogP contribution in [0.15, 0.2) is 18.2 Å². The van der Waals surface area contributed by atoms with Crippen LogP contribution >= 0.6 is 0 Å². The van der Waals surface area contributed by atoms with E-state index in [9.17, 15) is 4.79 Å². The minimum Gasteiger partial charge on any atom is -0.444 e. The normalized spacial score (nSPS) is 16.0. The van der Waals surface area contributed by atoms with Crippen LogP contribution in [0.5, 0.6) is 0 Å². The van der Waals surface area contributed by atoms with Crippen molar-refractivity contribution in [3.63, 3.8) is 0 Å². The highest BCUT2D eigenvalue weighted by atomic mass is 16.6. The smallest absolute Gasteiger partial charge is 0.410 e. The molecule has 24 heavy (non-hydrogen) atoms. The van der Waals surface area contributed by atoms with Crippen LogP contribution in [0, 0.1) is 5.92 Å². The second-order valence-corrected chi connectivity index (χ2v) is 8.16. The van der Waals surface area contributed by atoms with Gasteiger partial charge in [-0.3, -0.25) is 0 Å². The van der Waals surface area contributed by atoms with Crippen LogP contribution in [0.3, 0.4) is 0 Å². The van der Waals surface area contributed by atoms with Gasteiger partial charge in [-0.15, -0.1) is 0 Å². The number of benzene rings is 1. The van der Waals surface area contributed by atoms with E-state index in [0.29, 0.717) is 18.5 Å². The average molecular weight is 332 g/mol. The van der Waals surface area contributed by atoms with Crippen LogP contribution in [-0.2, 0) is 17.7 Å². The predicted octanol–water partition coefficient (Wildman–Crippen LogP) is 4.29. The second-order valence-electron chi connectivity index (χ2n) is 8.16. The van der Waals surface area contributed by atoms with Crippen molar-refractivity contribution < 1.29 is 9.53 Å². The van der Waals surface area contributed by atoms with Gasteiger partial charge in [-0.05, 0) is 63.3 Å². The lowest BCUT2D eigenvalue weighted by molar-refractivity contribution is 0.0223. The van der Waals surface area contributed by atoms with E-state index in [1.54, 1.807) is 0 Å². The van der Waals surface area contributed by atoms with Gasteiger partial charge in [0.25, 0.3) is 0 Å². The van der Waals surface area contributed by atoms with E-state index < -0.39 is 5.60 Å². The van der Waals surface area contributed by atoms with Crippen molar-refractivity contribution >= 4 is 6.09 Å². The van der Waals surface area contributed by atoms with Crippen LogP contribution < -0.4 is 5.32 Å². The molecule has 0 spiro atoms. The molecule has 1 N–H and O–H groups in total. The van der Waals surface area contributed by atoms with E-state index in [4.69, 9.17) is 4.74 Å².